The fraction of sp³-hybridized carbons (Fsp3) is 0.902. The zero-order valence-corrected chi connectivity index (χ0v) is 67.5. The summed E-state index contributed by atoms with van der Waals surface area (Å²) in [4.78, 5) is 73.0. The highest BCUT2D eigenvalue weighted by molar-refractivity contribution is 7.47. The molecular formula is C82H156O17P2. The third-order valence-corrected chi connectivity index (χ3v) is 20.5. The highest BCUT2D eigenvalue weighted by Crippen LogP contribution is 2.45. The zero-order valence-electron chi connectivity index (χ0n) is 65.7. The smallest absolute Gasteiger partial charge is 0.462 e. The number of esters is 4. The average molecular weight is 1480 g/mol. The Morgan fingerprint density at radius 3 is 0.812 bits per heavy atom. The number of carbonyl (C=O) groups is 4. The lowest BCUT2D eigenvalue weighted by atomic mass is 10.0. The number of allylic oxidation sites excluding steroid dienone is 4. The fourth-order valence-corrected chi connectivity index (χ4v) is 13.8. The van der Waals surface area contributed by atoms with Crippen molar-refractivity contribution in [3.8, 4) is 0 Å². The van der Waals surface area contributed by atoms with Gasteiger partial charge in [-0.05, 0) is 63.2 Å². The van der Waals surface area contributed by atoms with Crippen LogP contribution in [0.1, 0.15) is 408 Å². The fourth-order valence-electron chi connectivity index (χ4n) is 12.2. The third kappa shape index (κ3) is 75.6. The number of rotatable bonds is 79. The van der Waals surface area contributed by atoms with Gasteiger partial charge in [-0.25, -0.2) is 9.13 Å². The van der Waals surface area contributed by atoms with Crippen LogP contribution >= 0.6 is 15.6 Å². The van der Waals surface area contributed by atoms with E-state index in [9.17, 15) is 43.2 Å². The van der Waals surface area contributed by atoms with Crippen LogP contribution in [-0.2, 0) is 65.4 Å². The molecule has 19 heteroatoms. The van der Waals surface area contributed by atoms with Gasteiger partial charge in [0.05, 0.1) is 26.4 Å². The van der Waals surface area contributed by atoms with E-state index in [2.05, 4.69) is 65.8 Å². The van der Waals surface area contributed by atoms with Crippen molar-refractivity contribution in [3.63, 3.8) is 0 Å². The number of hydrogen-bond donors (Lipinski definition) is 3. The van der Waals surface area contributed by atoms with Gasteiger partial charge in [-0.2, -0.15) is 0 Å². The molecule has 0 aliphatic heterocycles. The number of phosphoric ester groups is 2. The van der Waals surface area contributed by atoms with Crippen molar-refractivity contribution in [1.29, 1.82) is 0 Å². The second-order valence-corrected chi connectivity index (χ2v) is 32.7. The molecule has 0 heterocycles. The number of unbranched alkanes of at least 4 members (excludes halogenated alkanes) is 46. The molecule has 0 rings (SSSR count). The van der Waals surface area contributed by atoms with Gasteiger partial charge in [-0.15, -0.1) is 0 Å². The van der Waals surface area contributed by atoms with Crippen LogP contribution in [0.4, 0.5) is 0 Å². The lowest BCUT2D eigenvalue weighted by Gasteiger charge is -2.21. The van der Waals surface area contributed by atoms with Crippen molar-refractivity contribution in [1.82, 2.24) is 0 Å². The topological polar surface area (TPSA) is 237 Å². The molecule has 101 heavy (non-hydrogen) atoms. The second-order valence-electron chi connectivity index (χ2n) is 29.8. The molecule has 0 saturated carbocycles. The predicted molar refractivity (Wildman–Crippen MR) is 414 cm³/mol. The van der Waals surface area contributed by atoms with Gasteiger partial charge < -0.3 is 33.8 Å². The minimum Gasteiger partial charge on any atom is -0.462 e. The minimum atomic E-state index is -4.97. The molecule has 0 fully saturated rings. The molecule has 0 aliphatic carbocycles. The van der Waals surface area contributed by atoms with Crippen molar-refractivity contribution in [2.24, 2.45) is 11.8 Å². The summed E-state index contributed by atoms with van der Waals surface area (Å²) < 4.78 is 68.7. The molecule has 0 spiro atoms. The molecule has 0 aromatic rings. The highest BCUT2D eigenvalue weighted by Gasteiger charge is 2.30. The second kappa shape index (κ2) is 73.1. The molecule has 0 aromatic carbocycles. The first kappa shape index (κ1) is 98.5. The largest absolute Gasteiger partial charge is 0.472 e. The first-order valence-electron chi connectivity index (χ1n) is 41.8. The molecule has 596 valence electrons. The first-order chi connectivity index (χ1) is 48.9. The van der Waals surface area contributed by atoms with E-state index in [0.717, 1.165) is 121 Å². The maximum Gasteiger partial charge on any atom is 0.472 e. The summed E-state index contributed by atoms with van der Waals surface area (Å²) >= 11 is 0. The molecular weight excluding hydrogens is 1320 g/mol. The van der Waals surface area contributed by atoms with Gasteiger partial charge in [0.25, 0.3) is 0 Å². The highest BCUT2D eigenvalue weighted by atomic mass is 31.2. The van der Waals surface area contributed by atoms with E-state index in [1.807, 2.05) is 0 Å². The lowest BCUT2D eigenvalue weighted by molar-refractivity contribution is -0.161. The summed E-state index contributed by atoms with van der Waals surface area (Å²) in [5.74, 6) is -0.617. The van der Waals surface area contributed by atoms with Crippen molar-refractivity contribution >= 4 is 39.5 Å². The Morgan fingerprint density at radius 1 is 0.307 bits per heavy atom. The first-order valence-corrected chi connectivity index (χ1v) is 44.8. The average Bonchev–Trinajstić information content (AvgIpc) is 2.21. The van der Waals surface area contributed by atoms with E-state index in [4.69, 9.17) is 37.0 Å². The van der Waals surface area contributed by atoms with E-state index in [1.54, 1.807) is 0 Å². The third-order valence-electron chi connectivity index (χ3n) is 18.6. The number of hydrogen-bond acceptors (Lipinski definition) is 15. The van der Waals surface area contributed by atoms with Gasteiger partial charge in [0.1, 0.15) is 19.3 Å². The van der Waals surface area contributed by atoms with Gasteiger partial charge >= 0.3 is 39.5 Å². The van der Waals surface area contributed by atoms with E-state index in [1.165, 1.54) is 205 Å². The Hall–Kier alpha value is -2.46. The number of phosphoric acid groups is 2. The Kier molecular flexibility index (Phi) is 71.3. The van der Waals surface area contributed by atoms with Crippen LogP contribution in [0, 0.1) is 11.8 Å². The van der Waals surface area contributed by atoms with E-state index < -0.39 is 97.5 Å². The quantitative estimate of drug-likeness (QED) is 0.0169. The maximum absolute atomic E-state index is 13.1. The normalized spacial score (nSPS) is 14.0. The van der Waals surface area contributed by atoms with Gasteiger partial charge in [-0.1, -0.05) is 355 Å². The van der Waals surface area contributed by atoms with Crippen LogP contribution in [0.25, 0.3) is 0 Å². The molecule has 3 N–H and O–H groups in total. The molecule has 0 amide bonds. The molecule has 2 unspecified atom stereocenters. The monoisotopic (exact) mass is 1480 g/mol. The number of carbonyl (C=O) groups excluding carboxylic acids is 4. The van der Waals surface area contributed by atoms with Gasteiger partial charge in [0.15, 0.2) is 12.2 Å². The van der Waals surface area contributed by atoms with Gasteiger partial charge in [0.2, 0.25) is 0 Å². The molecule has 0 radical (unpaired) electrons. The zero-order chi connectivity index (χ0) is 74.2. The molecule has 0 bridgehead atoms. The van der Waals surface area contributed by atoms with Crippen LogP contribution in [-0.4, -0.2) is 96.7 Å². The van der Waals surface area contributed by atoms with Gasteiger partial charge in [-0.3, -0.25) is 37.3 Å². The van der Waals surface area contributed by atoms with Crippen LogP contribution in [0.15, 0.2) is 24.3 Å². The molecule has 0 saturated heterocycles. The van der Waals surface area contributed by atoms with Crippen LogP contribution in [0.2, 0.25) is 0 Å². The lowest BCUT2D eigenvalue weighted by Crippen LogP contribution is -2.30. The van der Waals surface area contributed by atoms with Crippen molar-refractivity contribution in [3.05, 3.63) is 24.3 Å². The van der Waals surface area contributed by atoms with Crippen molar-refractivity contribution in [2.45, 2.75) is 426 Å². The predicted octanol–water partition coefficient (Wildman–Crippen LogP) is 24.2. The van der Waals surface area contributed by atoms with Crippen LogP contribution < -0.4 is 0 Å². The molecule has 0 aromatic heterocycles. The van der Waals surface area contributed by atoms with E-state index in [0.29, 0.717) is 25.7 Å². The Balaban J connectivity index is 5.29. The summed E-state index contributed by atoms with van der Waals surface area (Å²) in [5.41, 5.74) is 0. The van der Waals surface area contributed by atoms with Crippen molar-refractivity contribution in [2.75, 3.05) is 39.6 Å². The minimum absolute atomic E-state index is 0.0847. The van der Waals surface area contributed by atoms with Gasteiger partial charge in [0, 0.05) is 25.7 Å². The van der Waals surface area contributed by atoms with Crippen LogP contribution in [0.3, 0.4) is 0 Å². The standard InChI is InChI=1S/C82H156O17P2/c1-7-9-11-13-15-17-19-21-23-24-25-27-33-37-41-49-55-61-67-81(86)98-77(70-92-79(84)64-58-52-46-39-35-31-29-28-30-34-38-44-50-56-62-74(3)4)72-96-100(88,89)94-68-76(83)69-95-101(90,91)97-73-78(71-93-80(85)65-59-53-47-43-42-45-51-57-63-75(5)6)99-82(87)66-60-54-48-40-36-32-26-22-20-18-16-14-12-10-8-2/h18,20,22,26,74-78,83H,7-17,19,21,23-25,27-73H2,1-6H3,(H,88,89)(H,90,91)/b20-18-,26-22-/t76-,77-,78-/m1/s1. The van der Waals surface area contributed by atoms with E-state index >= 15 is 0 Å². The summed E-state index contributed by atoms with van der Waals surface area (Å²) in [6.07, 6.45) is 66.0. The number of ether oxygens (including phenoxy) is 4. The SMILES string of the molecule is CCCCCC/C=C\C=C/CCCCCCCC(=O)O[C@H](COC(=O)CCCCCCCCCCC(C)C)COP(=O)(O)OC[C@H](O)COP(=O)(O)OC[C@@H](COC(=O)CCCCCCCCCCCCCCCCC(C)C)OC(=O)CCCCCCCCCCCCCCCCCCCC. The number of aliphatic hydroxyl groups is 1. The van der Waals surface area contributed by atoms with Crippen molar-refractivity contribution < 1.29 is 80.2 Å². The van der Waals surface area contributed by atoms with Crippen LogP contribution in [0.5, 0.6) is 0 Å². The van der Waals surface area contributed by atoms with E-state index in [-0.39, 0.29) is 25.7 Å². The Bertz CT molecular complexity index is 2040. The summed E-state index contributed by atoms with van der Waals surface area (Å²) in [6.45, 7) is 9.56. The summed E-state index contributed by atoms with van der Waals surface area (Å²) in [5, 5.41) is 10.6. The Morgan fingerprint density at radius 2 is 0.535 bits per heavy atom. The molecule has 17 nitrogen and oxygen atoms in total. The maximum atomic E-state index is 13.1. The molecule has 0 aliphatic rings. The summed E-state index contributed by atoms with van der Waals surface area (Å²) in [7, 11) is -9.93. The summed E-state index contributed by atoms with van der Waals surface area (Å²) in [6, 6.07) is 0. The number of aliphatic hydroxyl groups excluding tert-OH is 1. The molecule has 5 atom stereocenters. The Labute approximate surface area is 618 Å².